The van der Waals surface area contributed by atoms with Crippen LogP contribution in [0.5, 0.6) is 0 Å². The van der Waals surface area contributed by atoms with Gasteiger partial charge >= 0.3 is 0 Å². The lowest BCUT2D eigenvalue weighted by molar-refractivity contribution is -0.117. The molecule has 3 heteroatoms. The van der Waals surface area contributed by atoms with Gasteiger partial charge in [0.2, 0.25) is 5.91 Å². The van der Waals surface area contributed by atoms with Gasteiger partial charge in [-0.15, -0.1) is 0 Å². The minimum Gasteiger partial charge on any atom is -0.300 e. The highest BCUT2D eigenvalue weighted by atomic mass is 32.2. The van der Waals surface area contributed by atoms with Crippen LogP contribution in [0.25, 0.3) is 0 Å². The summed E-state index contributed by atoms with van der Waals surface area (Å²) in [5.74, 6) is 0.00919. The molecule has 0 aromatic carbocycles. The fourth-order valence-electron chi connectivity index (χ4n) is 0.225. The molecule has 0 aromatic rings. The van der Waals surface area contributed by atoms with Crippen LogP contribution in [0.2, 0.25) is 0 Å². The third-order valence-electron chi connectivity index (χ3n) is 0.501. The number of carbonyl (C=O) groups is 1. The minimum atomic E-state index is 0.00919. The van der Waals surface area contributed by atoms with Crippen molar-refractivity contribution in [1.29, 1.82) is 0 Å². The number of hydrogen-bond donors (Lipinski definition) is 1. The van der Waals surface area contributed by atoms with E-state index < -0.39 is 0 Å². The van der Waals surface area contributed by atoms with E-state index in [4.69, 9.17) is 0 Å². The Hall–Kier alpha value is -0.180. The van der Waals surface area contributed by atoms with E-state index in [1.165, 1.54) is 18.9 Å². The summed E-state index contributed by atoms with van der Waals surface area (Å²) in [6.07, 6.45) is 0. The molecule has 0 saturated heterocycles. The minimum absolute atomic E-state index is 0.00919. The van der Waals surface area contributed by atoms with Crippen molar-refractivity contribution in [2.45, 2.75) is 32.4 Å². The van der Waals surface area contributed by atoms with E-state index >= 15 is 0 Å². The zero-order valence-electron chi connectivity index (χ0n) is 6.32. The molecule has 0 aliphatic carbocycles. The zero-order valence-corrected chi connectivity index (χ0v) is 7.13. The monoisotopic (exact) mass is 147 g/mol. The molecular weight excluding hydrogens is 134 g/mol. The lowest BCUT2D eigenvalue weighted by atomic mass is 10.3. The van der Waals surface area contributed by atoms with Gasteiger partial charge in [0.05, 0.1) is 0 Å². The second-order valence-corrected chi connectivity index (χ2v) is 4.51. The van der Waals surface area contributed by atoms with Crippen molar-refractivity contribution in [3.63, 3.8) is 0 Å². The van der Waals surface area contributed by atoms with E-state index in [1.807, 2.05) is 20.8 Å². The molecule has 0 aliphatic heterocycles. The molecule has 0 aliphatic rings. The molecule has 0 spiro atoms. The van der Waals surface area contributed by atoms with E-state index in [0.717, 1.165) is 0 Å². The number of carbonyl (C=O) groups excluding carboxylic acids is 1. The quantitative estimate of drug-likeness (QED) is 0.570. The van der Waals surface area contributed by atoms with Crippen LogP contribution in [0, 0.1) is 0 Å². The van der Waals surface area contributed by atoms with Crippen molar-refractivity contribution < 1.29 is 4.79 Å². The normalized spacial score (nSPS) is 11.1. The molecule has 0 saturated carbocycles. The average Bonchev–Trinajstić information content (AvgIpc) is 1.59. The fourth-order valence-corrected chi connectivity index (χ4v) is 0.675. The van der Waals surface area contributed by atoms with Crippen molar-refractivity contribution >= 4 is 17.9 Å². The van der Waals surface area contributed by atoms with Crippen molar-refractivity contribution in [2.24, 2.45) is 0 Å². The maximum atomic E-state index is 10.4. The summed E-state index contributed by atoms with van der Waals surface area (Å²) in [5, 5.41) is 0. The number of rotatable bonds is 1. The summed E-state index contributed by atoms with van der Waals surface area (Å²) < 4.78 is 2.78. The van der Waals surface area contributed by atoms with Crippen molar-refractivity contribution in [1.82, 2.24) is 4.72 Å². The lowest BCUT2D eigenvalue weighted by Gasteiger charge is -2.16. The van der Waals surface area contributed by atoms with Crippen molar-refractivity contribution in [3.8, 4) is 0 Å². The number of hydrogen-bond acceptors (Lipinski definition) is 2. The second-order valence-electron chi connectivity index (χ2n) is 2.87. The molecule has 0 unspecified atom stereocenters. The third kappa shape index (κ3) is 7.82. The first kappa shape index (κ1) is 8.82. The van der Waals surface area contributed by atoms with Crippen LogP contribution in [0.3, 0.4) is 0 Å². The van der Waals surface area contributed by atoms with Gasteiger partial charge in [-0.05, 0) is 32.7 Å². The summed E-state index contributed by atoms with van der Waals surface area (Å²) >= 11 is 1.44. The van der Waals surface area contributed by atoms with E-state index in [0.29, 0.717) is 0 Å². The summed E-state index contributed by atoms with van der Waals surface area (Å²) in [5.41, 5.74) is 0. The maximum absolute atomic E-state index is 10.4. The first-order valence-electron chi connectivity index (χ1n) is 2.86. The molecule has 0 atom stereocenters. The zero-order chi connectivity index (χ0) is 7.49. The van der Waals surface area contributed by atoms with E-state index in [9.17, 15) is 4.79 Å². The highest BCUT2D eigenvalue weighted by molar-refractivity contribution is 7.99. The molecule has 9 heavy (non-hydrogen) atoms. The SMILES string of the molecule is CC(=O)NSC(C)(C)C. The van der Waals surface area contributed by atoms with E-state index in [2.05, 4.69) is 4.72 Å². The summed E-state index contributed by atoms with van der Waals surface area (Å²) in [4.78, 5) is 10.4. The van der Waals surface area contributed by atoms with Crippen LogP contribution in [-0.2, 0) is 4.79 Å². The standard InChI is InChI=1S/C6H13NOS/c1-5(8)7-9-6(2,3)4/h1-4H3,(H,7,8). The molecule has 0 fully saturated rings. The highest BCUT2D eigenvalue weighted by Crippen LogP contribution is 2.18. The van der Waals surface area contributed by atoms with E-state index in [1.54, 1.807) is 0 Å². The number of nitrogens with one attached hydrogen (secondary N) is 1. The molecule has 0 heterocycles. The molecule has 0 bridgehead atoms. The third-order valence-corrected chi connectivity index (χ3v) is 1.50. The summed E-state index contributed by atoms with van der Waals surface area (Å²) in [7, 11) is 0. The van der Waals surface area contributed by atoms with Gasteiger partial charge in [-0.2, -0.15) is 0 Å². The van der Waals surface area contributed by atoms with E-state index in [-0.39, 0.29) is 10.7 Å². The predicted octanol–water partition coefficient (Wildman–Crippen LogP) is 1.57. The van der Waals surface area contributed by atoms with Crippen LogP contribution < -0.4 is 4.72 Å². The molecule has 0 radical (unpaired) electrons. The first-order chi connectivity index (χ1) is 3.92. The van der Waals surface area contributed by atoms with Gasteiger partial charge in [0.15, 0.2) is 0 Å². The Labute approximate surface area is 60.5 Å². The lowest BCUT2D eigenvalue weighted by Crippen LogP contribution is -2.20. The van der Waals surface area contributed by atoms with Crippen LogP contribution in [-0.4, -0.2) is 10.7 Å². The van der Waals surface area contributed by atoms with Crippen molar-refractivity contribution in [2.75, 3.05) is 0 Å². The first-order valence-corrected chi connectivity index (χ1v) is 3.68. The van der Waals surface area contributed by atoms with Gasteiger partial charge in [-0.25, -0.2) is 0 Å². The largest absolute Gasteiger partial charge is 0.300 e. The molecule has 1 N–H and O–H groups in total. The van der Waals surface area contributed by atoms with Crippen LogP contribution in [0.15, 0.2) is 0 Å². The topological polar surface area (TPSA) is 29.1 Å². The Bertz CT molecular complexity index is 106. The molecule has 54 valence electrons. The Balaban J connectivity index is 3.39. The summed E-state index contributed by atoms with van der Waals surface area (Å²) in [6.45, 7) is 7.66. The molecule has 0 rings (SSSR count). The molecule has 0 aromatic heterocycles. The predicted molar refractivity (Wildman–Crippen MR) is 41.2 cm³/mol. The second kappa shape index (κ2) is 3.11. The Morgan fingerprint density at radius 3 is 2.00 bits per heavy atom. The molecule has 1 amide bonds. The molecular formula is C6H13NOS. The van der Waals surface area contributed by atoms with Gasteiger partial charge in [0.1, 0.15) is 0 Å². The summed E-state index contributed by atoms with van der Waals surface area (Å²) in [6, 6.07) is 0. The molecule has 2 nitrogen and oxygen atoms in total. The van der Waals surface area contributed by atoms with Crippen LogP contribution >= 0.6 is 11.9 Å². The highest BCUT2D eigenvalue weighted by Gasteiger charge is 2.10. The van der Waals surface area contributed by atoms with Gasteiger partial charge < -0.3 is 0 Å². The number of amides is 1. The Kier molecular flexibility index (Phi) is 3.04. The van der Waals surface area contributed by atoms with Gasteiger partial charge in [-0.1, -0.05) is 0 Å². The Morgan fingerprint density at radius 1 is 1.44 bits per heavy atom. The van der Waals surface area contributed by atoms with Gasteiger partial charge in [-0.3, -0.25) is 9.52 Å². The van der Waals surface area contributed by atoms with Crippen LogP contribution in [0.1, 0.15) is 27.7 Å². The van der Waals surface area contributed by atoms with Crippen molar-refractivity contribution in [3.05, 3.63) is 0 Å². The maximum Gasteiger partial charge on any atom is 0.226 e. The van der Waals surface area contributed by atoms with Gasteiger partial charge in [0.25, 0.3) is 0 Å². The average molecular weight is 147 g/mol. The Morgan fingerprint density at radius 2 is 1.89 bits per heavy atom. The fraction of sp³-hybridized carbons (Fsp3) is 0.833. The van der Waals surface area contributed by atoms with Gasteiger partial charge in [0, 0.05) is 11.7 Å². The van der Waals surface area contributed by atoms with Crippen LogP contribution in [0.4, 0.5) is 0 Å². The smallest absolute Gasteiger partial charge is 0.226 e.